The van der Waals surface area contributed by atoms with Crippen LogP contribution in [0.1, 0.15) is 59.8 Å². The fraction of sp³-hybridized carbons (Fsp3) is 0.800. The summed E-state index contributed by atoms with van der Waals surface area (Å²) in [5, 5.41) is 2.70. The highest BCUT2D eigenvalue weighted by Crippen LogP contribution is 2.31. The van der Waals surface area contributed by atoms with Gasteiger partial charge in [-0.25, -0.2) is 0 Å². The maximum atomic E-state index is 11.9. The largest absolute Gasteiger partial charge is 0.463 e. The number of ether oxygens (including phenoxy) is 5. The van der Waals surface area contributed by atoms with Crippen LogP contribution in [0.25, 0.3) is 0 Å². The van der Waals surface area contributed by atoms with Gasteiger partial charge in [0.1, 0.15) is 18.8 Å². The second-order valence-corrected chi connectivity index (χ2v) is 7.62. The standard InChI is InChI=1S/C20H31NO9/c1-11(22)21-17-19(28-14(4)25)18(27-13(3)24)16(10-26-12(2)23)30-20(17)29-15-8-6-5-7-9-15/h15-20H,5-10H2,1-4H3,(H,21,22)/t16-,17-,18+,19-,20-/m0/s1. The number of nitrogens with one attached hydrogen (secondary N) is 1. The Morgan fingerprint density at radius 3 is 2.00 bits per heavy atom. The van der Waals surface area contributed by atoms with Gasteiger partial charge in [-0.05, 0) is 12.8 Å². The monoisotopic (exact) mass is 429 g/mol. The predicted octanol–water partition coefficient (Wildman–Crippen LogP) is 0.992. The Morgan fingerprint density at radius 1 is 0.867 bits per heavy atom. The second kappa shape index (κ2) is 11.3. The molecule has 0 radical (unpaired) electrons. The van der Waals surface area contributed by atoms with Crippen molar-refractivity contribution in [2.24, 2.45) is 0 Å². The van der Waals surface area contributed by atoms with Crippen molar-refractivity contribution in [3.63, 3.8) is 0 Å². The Hall–Kier alpha value is -2.20. The topological polar surface area (TPSA) is 126 Å². The highest BCUT2D eigenvalue weighted by atomic mass is 16.7. The smallest absolute Gasteiger partial charge is 0.303 e. The molecule has 170 valence electrons. The van der Waals surface area contributed by atoms with Gasteiger partial charge in [-0.3, -0.25) is 19.2 Å². The molecule has 0 aromatic carbocycles. The van der Waals surface area contributed by atoms with E-state index in [1.165, 1.54) is 27.7 Å². The Bertz CT molecular complexity index is 632. The summed E-state index contributed by atoms with van der Waals surface area (Å²) < 4.78 is 28.0. The second-order valence-electron chi connectivity index (χ2n) is 7.62. The number of hydrogen-bond donors (Lipinski definition) is 1. The predicted molar refractivity (Wildman–Crippen MR) is 102 cm³/mol. The van der Waals surface area contributed by atoms with E-state index in [-0.39, 0.29) is 12.7 Å². The summed E-state index contributed by atoms with van der Waals surface area (Å²) in [6, 6.07) is -0.911. The molecule has 2 aliphatic rings. The molecule has 30 heavy (non-hydrogen) atoms. The summed E-state index contributed by atoms with van der Waals surface area (Å²) in [5.74, 6) is -2.20. The molecule has 1 aliphatic heterocycles. The van der Waals surface area contributed by atoms with Gasteiger partial charge in [0.05, 0.1) is 6.10 Å². The van der Waals surface area contributed by atoms with Crippen LogP contribution < -0.4 is 5.32 Å². The quantitative estimate of drug-likeness (QED) is 0.466. The molecule has 0 unspecified atom stereocenters. The van der Waals surface area contributed by atoms with E-state index in [1.54, 1.807) is 0 Å². The molecule has 0 aromatic heterocycles. The molecular weight excluding hydrogens is 398 g/mol. The first kappa shape index (κ1) is 24.1. The van der Waals surface area contributed by atoms with E-state index in [0.29, 0.717) is 0 Å². The minimum atomic E-state index is -1.10. The van der Waals surface area contributed by atoms with Crippen molar-refractivity contribution in [1.82, 2.24) is 5.32 Å². The number of amides is 1. The first-order valence-corrected chi connectivity index (χ1v) is 10.2. The zero-order chi connectivity index (χ0) is 22.3. The minimum absolute atomic E-state index is 0.0855. The number of hydrogen-bond acceptors (Lipinski definition) is 9. The molecule has 1 saturated heterocycles. The lowest BCUT2D eigenvalue weighted by Crippen LogP contribution is -2.67. The fourth-order valence-electron chi connectivity index (χ4n) is 3.80. The number of rotatable bonds is 7. The maximum Gasteiger partial charge on any atom is 0.303 e. The Labute approximate surface area is 175 Å². The van der Waals surface area contributed by atoms with E-state index in [2.05, 4.69) is 5.32 Å². The molecule has 1 N–H and O–H groups in total. The number of esters is 3. The summed E-state index contributed by atoms with van der Waals surface area (Å²) >= 11 is 0. The molecule has 1 heterocycles. The van der Waals surface area contributed by atoms with Gasteiger partial charge in [-0.2, -0.15) is 0 Å². The van der Waals surface area contributed by atoms with E-state index in [0.717, 1.165) is 32.1 Å². The maximum absolute atomic E-state index is 11.9. The number of carbonyl (C=O) groups excluding carboxylic acids is 4. The molecule has 1 saturated carbocycles. The third-order valence-corrected chi connectivity index (χ3v) is 4.95. The molecule has 0 bridgehead atoms. The van der Waals surface area contributed by atoms with Gasteiger partial charge in [-0.15, -0.1) is 0 Å². The number of carbonyl (C=O) groups is 4. The fourth-order valence-corrected chi connectivity index (χ4v) is 3.80. The summed E-state index contributed by atoms with van der Waals surface area (Å²) in [5.41, 5.74) is 0. The zero-order valence-corrected chi connectivity index (χ0v) is 17.9. The first-order chi connectivity index (χ1) is 14.2. The van der Waals surface area contributed by atoms with Gasteiger partial charge in [0.2, 0.25) is 5.91 Å². The van der Waals surface area contributed by atoms with Crippen LogP contribution in [0.15, 0.2) is 0 Å². The van der Waals surface area contributed by atoms with Gasteiger partial charge in [-0.1, -0.05) is 19.3 Å². The van der Waals surface area contributed by atoms with E-state index >= 15 is 0 Å². The van der Waals surface area contributed by atoms with E-state index in [4.69, 9.17) is 23.7 Å². The normalized spacial score (nSPS) is 29.5. The molecule has 1 amide bonds. The molecule has 5 atom stereocenters. The highest BCUT2D eigenvalue weighted by Gasteiger charge is 2.51. The summed E-state index contributed by atoms with van der Waals surface area (Å²) in [6.45, 7) is 4.73. The van der Waals surface area contributed by atoms with Crippen molar-refractivity contribution in [2.45, 2.75) is 96.5 Å². The first-order valence-electron chi connectivity index (χ1n) is 10.2. The van der Waals surface area contributed by atoms with Gasteiger partial charge in [0.15, 0.2) is 18.5 Å². The molecule has 10 heteroatoms. The van der Waals surface area contributed by atoms with E-state index < -0.39 is 54.5 Å². The van der Waals surface area contributed by atoms with Crippen LogP contribution >= 0.6 is 0 Å². The van der Waals surface area contributed by atoms with Gasteiger partial charge in [0, 0.05) is 27.7 Å². The SMILES string of the molecule is CC(=O)N[C@@H]1[C@@H](OC2CCCCC2)O[C@@H](COC(C)=O)[C@@H](OC(C)=O)[C@H]1OC(C)=O. The molecule has 2 rings (SSSR count). The van der Waals surface area contributed by atoms with Crippen molar-refractivity contribution in [2.75, 3.05) is 6.61 Å². The minimum Gasteiger partial charge on any atom is -0.463 e. The molecule has 0 spiro atoms. The van der Waals surface area contributed by atoms with Crippen LogP contribution in [0.3, 0.4) is 0 Å². The average Bonchev–Trinajstić information content (AvgIpc) is 2.64. The molecule has 2 fully saturated rings. The van der Waals surface area contributed by atoms with Crippen molar-refractivity contribution >= 4 is 23.8 Å². The Balaban J connectivity index is 2.34. The third-order valence-electron chi connectivity index (χ3n) is 4.95. The average molecular weight is 429 g/mol. The lowest BCUT2D eigenvalue weighted by molar-refractivity contribution is -0.289. The van der Waals surface area contributed by atoms with Gasteiger partial charge < -0.3 is 29.0 Å². The zero-order valence-electron chi connectivity index (χ0n) is 17.9. The van der Waals surface area contributed by atoms with Crippen LogP contribution in [0.4, 0.5) is 0 Å². The third kappa shape index (κ3) is 7.24. The summed E-state index contributed by atoms with van der Waals surface area (Å²) in [6.07, 6.45) is 0.643. The van der Waals surface area contributed by atoms with Crippen molar-refractivity contribution < 1.29 is 42.9 Å². The van der Waals surface area contributed by atoms with E-state index in [9.17, 15) is 19.2 Å². The van der Waals surface area contributed by atoms with Crippen LogP contribution in [0.5, 0.6) is 0 Å². The lowest BCUT2D eigenvalue weighted by atomic mass is 9.94. The molecular formula is C20H31NO9. The van der Waals surface area contributed by atoms with Crippen LogP contribution in [0, 0.1) is 0 Å². The van der Waals surface area contributed by atoms with Crippen LogP contribution in [-0.2, 0) is 42.9 Å². The molecule has 1 aliphatic carbocycles. The van der Waals surface area contributed by atoms with Crippen molar-refractivity contribution in [3.05, 3.63) is 0 Å². The van der Waals surface area contributed by atoms with Crippen molar-refractivity contribution in [1.29, 1.82) is 0 Å². The van der Waals surface area contributed by atoms with Crippen molar-refractivity contribution in [3.8, 4) is 0 Å². The summed E-state index contributed by atoms with van der Waals surface area (Å²) in [4.78, 5) is 46.7. The van der Waals surface area contributed by atoms with Crippen LogP contribution in [-0.4, -0.2) is 67.2 Å². The van der Waals surface area contributed by atoms with Gasteiger partial charge in [0.25, 0.3) is 0 Å². The Morgan fingerprint density at radius 2 is 1.47 bits per heavy atom. The van der Waals surface area contributed by atoms with Gasteiger partial charge >= 0.3 is 17.9 Å². The molecule has 0 aromatic rings. The summed E-state index contributed by atoms with van der Waals surface area (Å²) in [7, 11) is 0. The highest BCUT2D eigenvalue weighted by molar-refractivity contribution is 5.73. The van der Waals surface area contributed by atoms with Crippen LogP contribution in [0.2, 0.25) is 0 Å². The Kier molecular flexibility index (Phi) is 9.04. The van der Waals surface area contributed by atoms with E-state index in [1.807, 2.05) is 0 Å². The lowest BCUT2D eigenvalue weighted by Gasteiger charge is -2.46. The molecule has 10 nitrogen and oxygen atoms in total.